The van der Waals surface area contributed by atoms with Gasteiger partial charge in [-0.25, -0.2) is 9.78 Å². The largest absolute Gasteiger partial charge is 0.481 e. The summed E-state index contributed by atoms with van der Waals surface area (Å²) in [5, 5.41) is 34.4. The minimum Gasteiger partial charge on any atom is -0.481 e. The number of hydrogen-bond donors (Lipinski definition) is 7. The van der Waals surface area contributed by atoms with Crippen molar-refractivity contribution >= 4 is 29.7 Å². The highest BCUT2D eigenvalue weighted by Gasteiger charge is 2.31. The number of amides is 3. The van der Waals surface area contributed by atoms with Crippen molar-refractivity contribution in [3.05, 3.63) is 18.2 Å². The van der Waals surface area contributed by atoms with Gasteiger partial charge < -0.3 is 36.3 Å². The number of rotatable bonds is 12. The molecule has 166 valence electrons. The first-order valence-corrected chi connectivity index (χ1v) is 8.99. The maximum Gasteiger partial charge on any atom is 0.328 e. The number of H-pyrrole nitrogens is 1. The van der Waals surface area contributed by atoms with Crippen molar-refractivity contribution < 1.29 is 39.3 Å². The number of aromatic amines is 1. The SMILES string of the molecule is CC(=O)N[C@@H](CCC(=O)O)C(=O)N[C@@H](Cc1c[nH]cn1)C(=O)N[C@H](C(=O)O)[C@@H](C)O. The molecular formula is C17H25N5O8. The minimum absolute atomic E-state index is 0.126. The smallest absolute Gasteiger partial charge is 0.328 e. The number of nitrogens with zero attached hydrogens (tertiary/aromatic N) is 1. The fraction of sp³-hybridized carbons (Fsp3) is 0.529. The molecule has 0 aliphatic carbocycles. The molecule has 13 heteroatoms. The van der Waals surface area contributed by atoms with E-state index in [1.807, 2.05) is 0 Å². The van der Waals surface area contributed by atoms with Crippen LogP contribution in [0.15, 0.2) is 12.5 Å². The summed E-state index contributed by atoms with van der Waals surface area (Å²) in [6, 6.07) is -4.14. The van der Waals surface area contributed by atoms with E-state index in [1.165, 1.54) is 19.4 Å². The fourth-order valence-corrected chi connectivity index (χ4v) is 2.52. The lowest BCUT2D eigenvalue weighted by Crippen LogP contribution is -2.58. The Bertz CT molecular complexity index is 764. The first-order chi connectivity index (χ1) is 14.0. The molecule has 1 heterocycles. The minimum atomic E-state index is -1.62. The molecule has 0 fully saturated rings. The molecule has 7 N–H and O–H groups in total. The van der Waals surface area contributed by atoms with Crippen LogP contribution in [0.3, 0.4) is 0 Å². The summed E-state index contributed by atoms with van der Waals surface area (Å²) in [5.41, 5.74) is 0.376. The van der Waals surface area contributed by atoms with E-state index in [4.69, 9.17) is 10.2 Å². The molecule has 0 saturated heterocycles. The Hall–Kier alpha value is -3.48. The van der Waals surface area contributed by atoms with Gasteiger partial charge in [-0.2, -0.15) is 0 Å². The lowest BCUT2D eigenvalue weighted by atomic mass is 10.1. The molecule has 0 radical (unpaired) electrons. The molecule has 0 aliphatic heterocycles. The second-order valence-electron chi connectivity index (χ2n) is 6.58. The van der Waals surface area contributed by atoms with Gasteiger partial charge in [-0.15, -0.1) is 0 Å². The van der Waals surface area contributed by atoms with Crippen LogP contribution in [0.2, 0.25) is 0 Å². The van der Waals surface area contributed by atoms with E-state index in [1.54, 1.807) is 0 Å². The molecule has 0 spiro atoms. The van der Waals surface area contributed by atoms with Crippen molar-refractivity contribution in [1.29, 1.82) is 0 Å². The van der Waals surface area contributed by atoms with Gasteiger partial charge in [0.05, 0.1) is 18.1 Å². The van der Waals surface area contributed by atoms with Gasteiger partial charge in [0.25, 0.3) is 0 Å². The molecule has 0 bridgehead atoms. The van der Waals surface area contributed by atoms with Crippen LogP contribution in [-0.4, -0.2) is 79.2 Å². The zero-order valence-corrected chi connectivity index (χ0v) is 16.4. The number of carbonyl (C=O) groups excluding carboxylic acids is 3. The van der Waals surface area contributed by atoms with Crippen molar-refractivity contribution in [2.75, 3.05) is 0 Å². The van der Waals surface area contributed by atoms with Crippen molar-refractivity contribution in [2.24, 2.45) is 0 Å². The van der Waals surface area contributed by atoms with Crippen LogP contribution in [-0.2, 0) is 30.4 Å². The van der Waals surface area contributed by atoms with E-state index in [0.29, 0.717) is 5.69 Å². The van der Waals surface area contributed by atoms with Crippen LogP contribution >= 0.6 is 0 Å². The van der Waals surface area contributed by atoms with Crippen LogP contribution in [0.5, 0.6) is 0 Å². The third-order valence-electron chi connectivity index (χ3n) is 3.99. The molecular weight excluding hydrogens is 402 g/mol. The van der Waals surface area contributed by atoms with Gasteiger partial charge in [0.1, 0.15) is 12.1 Å². The van der Waals surface area contributed by atoms with Gasteiger partial charge in [-0.1, -0.05) is 0 Å². The standard InChI is InChI=1S/C17H25N5O8/c1-8(23)14(17(29)30)22-16(28)12(5-10-6-18-7-19-10)21-15(27)11(20-9(2)24)3-4-13(25)26/h6-8,11-12,14,23H,3-5H2,1-2H3,(H,18,19)(H,20,24)(H,21,27)(H,22,28)(H,25,26)(H,29,30)/t8-,11+,12+,14+/m1/s1. The third-order valence-corrected chi connectivity index (χ3v) is 3.99. The highest BCUT2D eigenvalue weighted by Crippen LogP contribution is 2.04. The Labute approximate surface area is 171 Å². The summed E-state index contributed by atoms with van der Waals surface area (Å²) in [4.78, 5) is 65.2. The number of carbonyl (C=O) groups is 5. The second-order valence-corrected chi connectivity index (χ2v) is 6.58. The molecule has 30 heavy (non-hydrogen) atoms. The van der Waals surface area contributed by atoms with E-state index >= 15 is 0 Å². The Morgan fingerprint density at radius 1 is 1.07 bits per heavy atom. The monoisotopic (exact) mass is 427 g/mol. The van der Waals surface area contributed by atoms with E-state index in [9.17, 15) is 29.1 Å². The van der Waals surface area contributed by atoms with Crippen LogP contribution in [0.4, 0.5) is 0 Å². The van der Waals surface area contributed by atoms with E-state index in [2.05, 4.69) is 25.9 Å². The maximum absolute atomic E-state index is 12.6. The summed E-state index contributed by atoms with van der Waals surface area (Å²) < 4.78 is 0. The summed E-state index contributed by atoms with van der Waals surface area (Å²) in [6.45, 7) is 2.33. The molecule has 13 nitrogen and oxygen atoms in total. The van der Waals surface area contributed by atoms with Crippen LogP contribution in [0.1, 0.15) is 32.4 Å². The van der Waals surface area contributed by atoms with Gasteiger partial charge in [0.15, 0.2) is 6.04 Å². The maximum atomic E-state index is 12.6. The first kappa shape index (κ1) is 24.6. The van der Waals surface area contributed by atoms with E-state index < -0.39 is 60.3 Å². The highest BCUT2D eigenvalue weighted by atomic mass is 16.4. The van der Waals surface area contributed by atoms with Crippen molar-refractivity contribution in [1.82, 2.24) is 25.9 Å². The fourth-order valence-electron chi connectivity index (χ4n) is 2.52. The molecule has 1 rings (SSSR count). The van der Waals surface area contributed by atoms with Crippen molar-refractivity contribution in [3.8, 4) is 0 Å². The predicted octanol–water partition coefficient (Wildman–Crippen LogP) is -2.24. The Morgan fingerprint density at radius 3 is 2.17 bits per heavy atom. The van der Waals surface area contributed by atoms with Gasteiger partial charge >= 0.3 is 11.9 Å². The van der Waals surface area contributed by atoms with Gasteiger partial charge in [0, 0.05) is 26.0 Å². The molecule has 0 unspecified atom stereocenters. The number of aliphatic hydroxyl groups is 1. The average molecular weight is 427 g/mol. The summed E-state index contributed by atoms with van der Waals surface area (Å²) in [5.74, 6) is -4.95. The number of nitrogens with one attached hydrogen (secondary N) is 4. The average Bonchev–Trinajstić information content (AvgIpc) is 3.14. The zero-order chi connectivity index (χ0) is 22.8. The number of carboxylic acid groups (broad SMARTS) is 2. The van der Waals surface area contributed by atoms with Gasteiger partial charge in [0.2, 0.25) is 17.7 Å². The summed E-state index contributed by atoms with van der Waals surface area (Å²) >= 11 is 0. The number of imidazole rings is 1. The van der Waals surface area contributed by atoms with Crippen molar-refractivity contribution in [3.63, 3.8) is 0 Å². The van der Waals surface area contributed by atoms with Crippen LogP contribution in [0, 0.1) is 0 Å². The molecule has 3 amide bonds. The topological polar surface area (TPSA) is 211 Å². The number of carboxylic acids is 2. The quantitative estimate of drug-likeness (QED) is 0.192. The molecule has 1 aromatic heterocycles. The Balaban J connectivity index is 3.00. The predicted molar refractivity (Wildman–Crippen MR) is 99.9 cm³/mol. The molecule has 4 atom stereocenters. The molecule has 1 aromatic rings. The molecule has 0 aromatic carbocycles. The number of aromatic nitrogens is 2. The zero-order valence-electron chi connectivity index (χ0n) is 16.4. The number of hydrogen-bond acceptors (Lipinski definition) is 7. The number of aliphatic carboxylic acids is 2. The molecule has 0 aliphatic rings. The van der Waals surface area contributed by atoms with Gasteiger partial charge in [-0.05, 0) is 13.3 Å². The normalized spacial score (nSPS) is 14.6. The van der Waals surface area contributed by atoms with E-state index in [-0.39, 0.29) is 12.8 Å². The number of aliphatic hydroxyl groups excluding tert-OH is 1. The first-order valence-electron chi connectivity index (χ1n) is 8.99. The summed E-state index contributed by atoms with van der Waals surface area (Å²) in [7, 11) is 0. The molecule has 0 saturated carbocycles. The van der Waals surface area contributed by atoms with Crippen LogP contribution < -0.4 is 16.0 Å². The highest BCUT2D eigenvalue weighted by molar-refractivity contribution is 5.93. The Kier molecular flexibility index (Phi) is 9.42. The lowest BCUT2D eigenvalue weighted by molar-refractivity contribution is -0.145. The second kappa shape index (κ2) is 11.5. The Morgan fingerprint density at radius 2 is 1.70 bits per heavy atom. The van der Waals surface area contributed by atoms with Gasteiger partial charge in [-0.3, -0.25) is 19.2 Å². The van der Waals surface area contributed by atoms with Crippen molar-refractivity contribution in [2.45, 2.75) is 57.3 Å². The van der Waals surface area contributed by atoms with E-state index in [0.717, 1.165) is 6.92 Å². The lowest BCUT2D eigenvalue weighted by Gasteiger charge is -2.24. The van der Waals surface area contributed by atoms with Crippen LogP contribution in [0.25, 0.3) is 0 Å². The third kappa shape index (κ3) is 8.26. The summed E-state index contributed by atoms with van der Waals surface area (Å²) in [6.07, 6.45) is 0.649.